The fourth-order valence-corrected chi connectivity index (χ4v) is 2.52. The summed E-state index contributed by atoms with van der Waals surface area (Å²) in [5.41, 5.74) is -0.501. The summed E-state index contributed by atoms with van der Waals surface area (Å²) in [6.45, 7) is 0. The van der Waals surface area contributed by atoms with Crippen molar-refractivity contribution in [3.05, 3.63) is 41.5 Å². The van der Waals surface area contributed by atoms with Crippen molar-refractivity contribution in [2.24, 2.45) is 0 Å². The quantitative estimate of drug-likeness (QED) is 0.470. The molecule has 9 heteroatoms. The van der Waals surface area contributed by atoms with E-state index in [1.54, 1.807) is 0 Å². The third-order valence-corrected chi connectivity index (χ3v) is 3.58. The van der Waals surface area contributed by atoms with Gasteiger partial charge in [0.25, 0.3) is 10.1 Å². The Morgan fingerprint density at radius 2 is 1.52 bits per heavy atom. The second kappa shape index (κ2) is 5.87. The molecule has 0 aliphatic carbocycles. The number of carboxylic acid groups (broad SMARTS) is 2. The van der Waals surface area contributed by atoms with Gasteiger partial charge in [0.05, 0.1) is 11.1 Å². The molecule has 106 valence electrons. The van der Waals surface area contributed by atoms with Crippen LogP contribution in [0.25, 0.3) is 10.8 Å². The van der Waals surface area contributed by atoms with Crippen LogP contribution in [0.1, 0.15) is 22.1 Å². The Morgan fingerprint density at radius 3 is 2.00 bits per heavy atom. The number of carboxylic acids is 2. The number of fused-ring (bicyclic) bond motifs is 1. The minimum absolute atomic E-state index is 0. The molecule has 2 aromatic rings. The molecule has 0 aromatic heterocycles. The molecule has 7 nitrogen and oxygen atoms in total. The molecule has 2 aromatic carbocycles. The van der Waals surface area contributed by atoms with E-state index in [0.29, 0.717) is 0 Å². The van der Waals surface area contributed by atoms with E-state index in [4.69, 9.17) is 14.8 Å². The molecule has 0 amide bonds. The van der Waals surface area contributed by atoms with Gasteiger partial charge in [0.15, 0.2) is 0 Å². The number of benzene rings is 2. The second-order valence-corrected chi connectivity index (χ2v) is 5.39. The number of carbonyl (C=O) groups is 2. The summed E-state index contributed by atoms with van der Waals surface area (Å²) in [6.07, 6.45) is 0. The summed E-state index contributed by atoms with van der Waals surface area (Å²) in [5, 5.41) is 17.9. The third-order valence-electron chi connectivity index (χ3n) is 2.69. The summed E-state index contributed by atoms with van der Waals surface area (Å²) >= 11 is 0. The van der Waals surface area contributed by atoms with Crippen LogP contribution in [0.3, 0.4) is 0 Å². The van der Waals surface area contributed by atoms with Crippen LogP contribution in [0.4, 0.5) is 0 Å². The van der Waals surface area contributed by atoms with Gasteiger partial charge in [-0.05, 0) is 29.7 Å². The zero-order valence-corrected chi connectivity index (χ0v) is 11.6. The number of rotatable bonds is 3. The van der Waals surface area contributed by atoms with Crippen LogP contribution in [0.2, 0.25) is 0 Å². The van der Waals surface area contributed by atoms with Crippen molar-refractivity contribution < 1.29 is 53.1 Å². The average Bonchev–Trinajstić information content (AvgIpc) is 2.35. The Labute approximate surface area is 132 Å². The van der Waals surface area contributed by atoms with E-state index in [0.717, 1.165) is 12.1 Å². The molecule has 0 unspecified atom stereocenters. The maximum atomic E-state index is 11.3. The normalized spacial score (nSPS) is 10.9. The Kier molecular flexibility index (Phi) is 4.81. The van der Waals surface area contributed by atoms with Crippen LogP contribution in [-0.2, 0) is 10.1 Å². The minimum atomic E-state index is -4.68. The van der Waals surface area contributed by atoms with Gasteiger partial charge in [-0.15, -0.1) is 0 Å². The second-order valence-electron chi connectivity index (χ2n) is 4.00. The molecule has 0 spiro atoms. The van der Waals surface area contributed by atoms with E-state index in [2.05, 4.69) is 0 Å². The van der Waals surface area contributed by atoms with Gasteiger partial charge in [0, 0.05) is 5.39 Å². The van der Waals surface area contributed by atoms with Gasteiger partial charge in [-0.3, -0.25) is 4.55 Å². The monoisotopic (exact) mass is 304 g/mol. The van der Waals surface area contributed by atoms with E-state index in [-0.39, 0.29) is 42.2 Å². The SMILES string of the molecule is O=C(O)c1cc(S(=O)(=O)O)c2cc(C(=O)O)ccc2c1.[H-].[Li+]. The number of hydrogen-bond donors (Lipinski definition) is 3. The van der Waals surface area contributed by atoms with Gasteiger partial charge in [-0.2, -0.15) is 8.42 Å². The molecule has 0 atom stereocenters. The Hall–Kier alpha value is -1.85. The fourth-order valence-electron chi connectivity index (χ4n) is 1.79. The van der Waals surface area contributed by atoms with Crippen molar-refractivity contribution in [2.75, 3.05) is 0 Å². The molecule has 0 heterocycles. The summed E-state index contributed by atoms with van der Waals surface area (Å²) in [6, 6.07) is 5.53. The van der Waals surface area contributed by atoms with Gasteiger partial charge in [-0.25, -0.2) is 9.59 Å². The molecule has 0 saturated heterocycles. The molecule has 0 bridgehead atoms. The molecule has 0 fully saturated rings. The van der Waals surface area contributed by atoms with Gasteiger partial charge in [0.2, 0.25) is 0 Å². The van der Waals surface area contributed by atoms with Crippen LogP contribution in [0.15, 0.2) is 35.2 Å². The zero-order valence-electron chi connectivity index (χ0n) is 11.8. The van der Waals surface area contributed by atoms with E-state index in [9.17, 15) is 18.0 Å². The predicted molar refractivity (Wildman–Crippen MR) is 68.8 cm³/mol. The first-order valence-electron chi connectivity index (χ1n) is 5.22. The third kappa shape index (κ3) is 3.43. The van der Waals surface area contributed by atoms with Gasteiger partial charge in [0.1, 0.15) is 4.90 Å². The Bertz CT molecular complexity index is 848. The van der Waals surface area contributed by atoms with Crippen LogP contribution in [0.5, 0.6) is 0 Å². The summed E-state index contributed by atoms with van der Waals surface area (Å²) in [7, 11) is -4.68. The first-order valence-corrected chi connectivity index (χ1v) is 6.66. The molecular formula is C12H9LiO7S. The minimum Gasteiger partial charge on any atom is -1.00 e. The summed E-state index contributed by atoms with van der Waals surface area (Å²) in [5.74, 6) is -2.63. The summed E-state index contributed by atoms with van der Waals surface area (Å²) < 4.78 is 31.8. The molecule has 0 saturated carbocycles. The molecule has 0 aliphatic heterocycles. The zero-order chi connectivity index (χ0) is 15.1. The van der Waals surface area contributed by atoms with Crippen LogP contribution in [-0.4, -0.2) is 35.1 Å². The predicted octanol–water partition coefficient (Wildman–Crippen LogP) is -1.40. The van der Waals surface area contributed by atoms with E-state index in [1.807, 2.05) is 0 Å². The van der Waals surface area contributed by atoms with Gasteiger partial charge >= 0.3 is 30.8 Å². The van der Waals surface area contributed by atoms with Crippen LogP contribution < -0.4 is 18.9 Å². The molecule has 3 N–H and O–H groups in total. The van der Waals surface area contributed by atoms with Crippen molar-refractivity contribution in [1.29, 1.82) is 0 Å². The first-order chi connectivity index (χ1) is 9.20. The topological polar surface area (TPSA) is 129 Å². The molecule has 0 radical (unpaired) electrons. The standard InChI is InChI=1S/C12H8O7S.Li.H/c13-11(14)7-2-1-6-3-8(12(15)16)5-10(9(6)4-7)20(17,18)19;;/h1-5H,(H,13,14)(H,15,16)(H,17,18,19);;/q;+1;-1. The van der Waals surface area contributed by atoms with Crippen LogP contribution >= 0.6 is 0 Å². The summed E-state index contributed by atoms with van der Waals surface area (Å²) in [4.78, 5) is 21.2. The van der Waals surface area contributed by atoms with Crippen LogP contribution in [0, 0.1) is 0 Å². The van der Waals surface area contributed by atoms with E-state index in [1.165, 1.54) is 18.2 Å². The van der Waals surface area contributed by atoms with E-state index >= 15 is 0 Å². The maximum Gasteiger partial charge on any atom is 1.00 e. The van der Waals surface area contributed by atoms with Gasteiger partial charge in [-0.1, -0.05) is 6.07 Å². The maximum absolute atomic E-state index is 11.3. The van der Waals surface area contributed by atoms with Crippen molar-refractivity contribution in [3.8, 4) is 0 Å². The number of hydrogen-bond acceptors (Lipinski definition) is 4. The fraction of sp³-hybridized carbons (Fsp3) is 0. The largest absolute Gasteiger partial charge is 1.00 e. The smallest absolute Gasteiger partial charge is 1.00 e. The number of aromatic carboxylic acids is 2. The average molecular weight is 304 g/mol. The van der Waals surface area contributed by atoms with Crippen molar-refractivity contribution in [2.45, 2.75) is 4.90 Å². The van der Waals surface area contributed by atoms with Crippen molar-refractivity contribution in [3.63, 3.8) is 0 Å². The molecule has 21 heavy (non-hydrogen) atoms. The van der Waals surface area contributed by atoms with Crippen molar-refractivity contribution >= 4 is 32.8 Å². The molecular weight excluding hydrogens is 295 g/mol. The Balaban J connectivity index is 0.00000220. The van der Waals surface area contributed by atoms with E-state index < -0.39 is 27.0 Å². The molecule has 2 rings (SSSR count). The van der Waals surface area contributed by atoms with Gasteiger partial charge < -0.3 is 11.6 Å². The Morgan fingerprint density at radius 1 is 0.952 bits per heavy atom. The first kappa shape index (κ1) is 17.2. The molecule has 0 aliphatic rings. The van der Waals surface area contributed by atoms with Crippen molar-refractivity contribution in [1.82, 2.24) is 0 Å².